The summed E-state index contributed by atoms with van der Waals surface area (Å²) in [4.78, 5) is 14.5. The van der Waals surface area contributed by atoms with E-state index in [1.165, 1.54) is 32.4 Å². The summed E-state index contributed by atoms with van der Waals surface area (Å²) < 4.78 is -0.402. The fourth-order valence-electron chi connectivity index (χ4n) is 5.60. The van der Waals surface area contributed by atoms with Gasteiger partial charge in [0.25, 0.3) is 0 Å². The Balaban J connectivity index is 1.62. The molecule has 0 heterocycles. The van der Waals surface area contributed by atoms with Gasteiger partial charge in [0.2, 0.25) is 5.78 Å². The van der Waals surface area contributed by atoms with Gasteiger partial charge in [-0.1, -0.05) is 84.9 Å². The van der Waals surface area contributed by atoms with Crippen LogP contribution in [0.4, 0.5) is 0 Å². The number of ketones is 1. The third-order valence-electron chi connectivity index (χ3n) is 7.19. The Kier molecular flexibility index (Phi) is 5.88. The number of benzene rings is 5. The van der Waals surface area contributed by atoms with E-state index >= 15 is 0 Å². The lowest BCUT2D eigenvalue weighted by molar-refractivity contribution is 0.101. The van der Waals surface area contributed by atoms with Crippen molar-refractivity contribution in [3.63, 3.8) is 0 Å². The zero-order valence-corrected chi connectivity index (χ0v) is 21.8. The summed E-state index contributed by atoms with van der Waals surface area (Å²) >= 11 is 4.05. The Morgan fingerprint density at radius 1 is 0.600 bits per heavy atom. The van der Waals surface area contributed by atoms with Crippen LogP contribution in [0.5, 0.6) is 0 Å². The Morgan fingerprint density at radius 2 is 1.09 bits per heavy atom. The van der Waals surface area contributed by atoms with Gasteiger partial charge < -0.3 is 0 Å². The monoisotopic (exact) mass is 535 g/mol. The lowest BCUT2D eigenvalue weighted by atomic mass is 9.98. The van der Waals surface area contributed by atoms with Gasteiger partial charge in [-0.15, -0.1) is 0 Å². The van der Waals surface area contributed by atoms with Gasteiger partial charge in [0, 0.05) is 5.56 Å². The van der Waals surface area contributed by atoms with Crippen molar-refractivity contribution < 1.29 is 4.79 Å². The number of hydrogen-bond acceptors (Lipinski definition) is 1. The highest BCUT2D eigenvalue weighted by Gasteiger charge is 2.54. The van der Waals surface area contributed by atoms with E-state index in [1.54, 1.807) is 0 Å². The second-order valence-corrected chi connectivity index (χ2v) is 14.2. The highest BCUT2D eigenvalue weighted by atomic mass is 79.9. The average molecular weight is 536 g/mol. The zero-order valence-electron chi connectivity index (χ0n) is 19.3. The molecule has 1 nitrogen and oxygen atoms in total. The van der Waals surface area contributed by atoms with Crippen molar-refractivity contribution in [1.82, 2.24) is 0 Å². The van der Waals surface area contributed by atoms with Gasteiger partial charge in [0.05, 0.1) is 0 Å². The first-order valence-corrected chi connectivity index (χ1v) is 14.8. The van der Waals surface area contributed by atoms with Gasteiger partial charge in [-0.3, -0.25) is 4.79 Å². The minimum atomic E-state index is -2.38. The van der Waals surface area contributed by atoms with Gasteiger partial charge in [0.15, 0.2) is 4.57 Å². The Bertz CT molecular complexity index is 1410. The summed E-state index contributed by atoms with van der Waals surface area (Å²) in [5.41, 5.74) is 3.52. The van der Waals surface area contributed by atoms with Crippen LogP contribution >= 0.6 is 23.2 Å². The van der Waals surface area contributed by atoms with Crippen LogP contribution in [0.15, 0.2) is 121 Å². The second kappa shape index (κ2) is 9.19. The molecule has 0 unspecified atom stereocenters. The van der Waals surface area contributed by atoms with E-state index < -0.39 is 11.8 Å². The standard InChI is InChI=1S/C32H25BrOP/c33-32(31(34)29-22-21-24-20-19-23-11-10-18-28(29)30(23)24)35(25-12-4-1-5-13-25,26-14-6-2-7-15-26)27-16-8-3-9-17-27/h1-18,21-22,32H,19-20H2/q+1/t32-/m1/s1. The van der Waals surface area contributed by atoms with Crippen LogP contribution in [0.3, 0.4) is 0 Å². The minimum Gasteiger partial charge on any atom is -0.289 e. The molecule has 170 valence electrons. The van der Waals surface area contributed by atoms with Gasteiger partial charge in [-0.25, -0.2) is 0 Å². The molecule has 3 heteroatoms. The van der Waals surface area contributed by atoms with Crippen LogP contribution in [-0.2, 0) is 12.8 Å². The molecule has 0 aromatic heterocycles. The molecule has 0 spiro atoms. The molecule has 0 N–H and O–H groups in total. The normalized spacial score (nSPS) is 13.6. The summed E-state index contributed by atoms with van der Waals surface area (Å²) in [6, 6.07) is 42.4. The van der Waals surface area contributed by atoms with E-state index in [1.807, 2.05) is 18.2 Å². The molecule has 0 radical (unpaired) electrons. The molecule has 0 bridgehead atoms. The first-order valence-electron chi connectivity index (χ1n) is 12.0. The molecule has 5 aromatic rings. The van der Waals surface area contributed by atoms with Crippen molar-refractivity contribution in [2.24, 2.45) is 0 Å². The number of halogens is 1. The third-order valence-corrected chi connectivity index (χ3v) is 13.7. The first kappa shape index (κ1) is 22.4. The highest BCUT2D eigenvalue weighted by Crippen LogP contribution is 2.62. The third kappa shape index (κ3) is 3.59. The molecule has 5 aromatic carbocycles. The van der Waals surface area contributed by atoms with Crippen molar-refractivity contribution in [3.05, 3.63) is 138 Å². The van der Waals surface area contributed by atoms with Gasteiger partial charge in [-0.2, -0.15) is 0 Å². The Labute approximate surface area is 215 Å². The Hall–Kier alpha value is -3.06. The SMILES string of the molecule is O=C(c1ccc2c3c(cccc13)CC2)[C@H](Br)[P+](c1ccccc1)(c1ccccc1)c1ccccc1. The first-order chi connectivity index (χ1) is 17.2. The molecule has 0 aliphatic heterocycles. The van der Waals surface area contributed by atoms with Crippen molar-refractivity contribution in [2.45, 2.75) is 17.4 Å². The van der Waals surface area contributed by atoms with E-state index in [0.717, 1.165) is 23.8 Å². The number of alkyl halides is 1. The largest absolute Gasteiger partial charge is 0.289 e. The van der Waals surface area contributed by atoms with Crippen LogP contribution in [0, 0.1) is 0 Å². The Morgan fingerprint density at radius 3 is 1.60 bits per heavy atom. The number of hydrogen-bond donors (Lipinski definition) is 0. The maximum absolute atomic E-state index is 14.5. The summed E-state index contributed by atoms with van der Waals surface area (Å²) in [5.74, 6) is 0.144. The number of rotatable bonds is 6. The number of carbonyl (C=O) groups excluding carboxylic acids is 1. The fraction of sp³-hybridized carbons (Fsp3) is 0.0938. The summed E-state index contributed by atoms with van der Waals surface area (Å²) in [5, 5.41) is 5.94. The molecule has 35 heavy (non-hydrogen) atoms. The van der Waals surface area contributed by atoms with Gasteiger partial charge in [-0.05, 0) is 87.1 Å². The molecule has 1 atom stereocenters. The lowest BCUT2D eigenvalue weighted by Crippen LogP contribution is -2.39. The van der Waals surface area contributed by atoms with E-state index in [2.05, 4.69) is 119 Å². The fourth-order valence-corrected chi connectivity index (χ4v) is 12.1. The maximum atomic E-state index is 14.5. The minimum absolute atomic E-state index is 0.144. The van der Waals surface area contributed by atoms with E-state index in [4.69, 9.17) is 0 Å². The van der Waals surface area contributed by atoms with Gasteiger partial charge in [0.1, 0.15) is 23.2 Å². The van der Waals surface area contributed by atoms with Crippen molar-refractivity contribution in [2.75, 3.05) is 0 Å². The molecule has 0 fully saturated rings. The summed E-state index contributed by atoms with van der Waals surface area (Å²) in [7, 11) is -2.38. The summed E-state index contributed by atoms with van der Waals surface area (Å²) in [6.45, 7) is 0. The molecular formula is C32H25BrOP+. The molecule has 6 rings (SSSR count). The predicted molar refractivity (Wildman–Crippen MR) is 154 cm³/mol. The highest BCUT2D eigenvalue weighted by molar-refractivity contribution is 9.11. The van der Waals surface area contributed by atoms with Crippen molar-refractivity contribution in [3.8, 4) is 0 Å². The molecular weight excluding hydrogens is 511 g/mol. The van der Waals surface area contributed by atoms with Crippen molar-refractivity contribution >= 4 is 55.7 Å². The topological polar surface area (TPSA) is 17.1 Å². The summed E-state index contributed by atoms with van der Waals surface area (Å²) in [6.07, 6.45) is 2.11. The molecule has 0 saturated heterocycles. The van der Waals surface area contributed by atoms with E-state index in [0.29, 0.717) is 0 Å². The predicted octanol–water partition coefficient (Wildman–Crippen LogP) is 6.84. The van der Waals surface area contributed by atoms with Crippen LogP contribution in [0.1, 0.15) is 21.5 Å². The molecule has 0 saturated carbocycles. The van der Waals surface area contributed by atoms with E-state index in [-0.39, 0.29) is 5.78 Å². The number of carbonyl (C=O) groups is 1. The molecule has 1 aliphatic rings. The van der Waals surface area contributed by atoms with Crippen LogP contribution < -0.4 is 15.9 Å². The second-order valence-electron chi connectivity index (χ2n) is 9.04. The number of Topliss-reactive ketones (excluding diaryl/α,β-unsaturated/α-hetero) is 1. The van der Waals surface area contributed by atoms with Gasteiger partial charge >= 0.3 is 0 Å². The maximum Gasteiger partial charge on any atom is 0.215 e. The number of aryl methyl sites for hydroxylation is 2. The van der Waals surface area contributed by atoms with Crippen LogP contribution in [0.25, 0.3) is 10.8 Å². The quantitative estimate of drug-likeness (QED) is 0.132. The van der Waals surface area contributed by atoms with Crippen LogP contribution in [0.2, 0.25) is 0 Å². The smallest absolute Gasteiger partial charge is 0.215 e. The van der Waals surface area contributed by atoms with E-state index in [9.17, 15) is 4.79 Å². The zero-order chi connectivity index (χ0) is 23.8. The van der Waals surface area contributed by atoms with Crippen LogP contribution in [-0.4, -0.2) is 10.4 Å². The lowest BCUT2D eigenvalue weighted by Gasteiger charge is -2.31. The van der Waals surface area contributed by atoms with Crippen molar-refractivity contribution in [1.29, 1.82) is 0 Å². The molecule has 0 amide bonds. The average Bonchev–Trinajstić information content (AvgIpc) is 3.35. The molecule has 1 aliphatic carbocycles.